The lowest BCUT2D eigenvalue weighted by Gasteiger charge is -2.72. The first-order valence-corrected chi connectivity index (χ1v) is 24.5. The third-order valence-corrected chi connectivity index (χ3v) is 18.7. The van der Waals surface area contributed by atoms with Gasteiger partial charge in [0.25, 0.3) is 0 Å². The molecule has 67 heavy (non-hydrogen) atoms. The molecule has 13 N–H and O–H groups in total. The van der Waals surface area contributed by atoms with Crippen molar-refractivity contribution in [2.24, 2.45) is 45.3 Å². The number of aliphatic hydroxyl groups excluding tert-OH is 13. The highest BCUT2D eigenvalue weighted by Crippen LogP contribution is 2.76. The molecular weight excluding hydrogens is 881 g/mol. The first-order chi connectivity index (χ1) is 31.3. The lowest BCUT2D eigenvalue weighted by Crippen LogP contribution is -2.71. The van der Waals surface area contributed by atoms with Crippen LogP contribution >= 0.6 is 0 Å². The minimum absolute atomic E-state index is 0.0841. The summed E-state index contributed by atoms with van der Waals surface area (Å²) in [5.41, 5.74) is -2.41. The molecule has 0 radical (unpaired) electrons. The number of ether oxygens (including phenoxy) is 6. The monoisotopic (exact) mass is 963 g/mol. The largest absolute Gasteiger partial charge is 0.394 e. The van der Waals surface area contributed by atoms with Gasteiger partial charge in [-0.3, -0.25) is 0 Å². The molecule has 0 aromatic heterocycles. The van der Waals surface area contributed by atoms with Gasteiger partial charge in [-0.25, -0.2) is 0 Å². The molecule has 7 aliphatic rings. The fourth-order valence-corrected chi connectivity index (χ4v) is 14.9. The zero-order valence-corrected chi connectivity index (χ0v) is 40.3. The average Bonchev–Trinajstić information content (AvgIpc) is 3.66. The Bertz CT molecular complexity index is 1710. The summed E-state index contributed by atoms with van der Waals surface area (Å²) < 4.78 is 37.3. The van der Waals surface area contributed by atoms with Crippen molar-refractivity contribution in [3.8, 4) is 0 Å². The lowest BCUT2D eigenvalue weighted by atomic mass is 9.34. The maximum atomic E-state index is 12.7. The molecule has 26 atom stereocenters. The highest BCUT2D eigenvalue weighted by molar-refractivity contribution is 5.22. The van der Waals surface area contributed by atoms with Gasteiger partial charge >= 0.3 is 0 Å². The molecule has 4 aliphatic carbocycles. The summed E-state index contributed by atoms with van der Waals surface area (Å²) in [6.07, 6.45) is -19.6. The molecule has 0 amide bonds. The van der Waals surface area contributed by atoms with Crippen molar-refractivity contribution in [3.05, 3.63) is 11.6 Å². The minimum Gasteiger partial charge on any atom is -0.394 e. The Morgan fingerprint density at radius 2 is 1.18 bits per heavy atom. The predicted octanol–water partition coefficient (Wildman–Crippen LogP) is -1.06. The molecule has 0 aromatic rings. The highest BCUT2D eigenvalue weighted by Gasteiger charge is 2.74. The Hall–Kier alpha value is -1.02. The Balaban J connectivity index is 1.21. The Labute approximate surface area is 393 Å². The highest BCUT2D eigenvalue weighted by atomic mass is 16.7. The Morgan fingerprint density at radius 1 is 0.642 bits per heavy atom. The van der Waals surface area contributed by atoms with Crippen molar-refractivity contribution in [1.82, 2.24) is 0 Å². The zero-order valence-electron chi connectivity index (χ0n) is 40.3. The minimum atomic E-state index is -1.83. The molecular formula is C48H82O19. The van der Waals surface area contributed by atoms with E-state index in [2.05, 4.69) is 26.8 Å². The molecule has 3 saturated heterocycles. The van der Waals surface area contributed by atoms with Gasteiger partial charge in [-0.15, -0.1) is 0 Å². The van der Waals surface area contributed by atoms with Crippen LogP contribution in [0, 0.1) is 45.3 Å². The molecule has 0 spiro atoms. The fraction of sp³-hybridized carbons (Fsp3) is 0.958. The van der Waals surface area contributed by atoms with Crippen LogP contribution in [0.25, 0.3) is 0 Å². The summed E-state index contributed by atoms with van der Waals surface area (Å²) in [4.78, 5) is 0. The van der Waals surface area contributed by atoms with Crippen LogP contribution < -0.4 is 0 Å². The Kier molecular flexibility index (Phi) is 15.9. The van der Waals surface area contributed by atoms with Gasteiger partial charge in [0.15, 0.2) is 18.9 Å². The SMILES string of the molecule is CC(C)=CCC[C@](C)(O[C@@H]1O[C@H](CO)[C@@H](O)[C@H](O)[C@H]1O)[C@H]1CC[C@]2(C)[C@@H]1[C@H](O)C[C@@H]1[C@@]3(C)CC[C@H](O)C(C)(C)C3[C@@H](O[C@@H]3O[C@H](CO)[C@@H](O[C@@H]4O[C@H](CO)[C@H](O)[C@H](O)[C@H]4O)[C@H](O)[C@H]3O)C[C@]12C. The second-order valence-corrected chi connectivity index (χ2v) is 23.1. The van der Waals surface area contributed by atoms with Gasteiger partial charge in [0.05, 0.1) is 43.7 Å². The van der Waals surface area contributed by atoms with Gasteiger partial charge in [-0.05, 0) is 117 Å². The number of aliphatic hydroxyl groups is 13. The van der Waals surface area contributed by atoms with E-state index in [0.29, 0.717) is 51.4 Å². The molecule has 3 aliphatic heterocycles. The molecule has 388 valence electrons. The van der Waals surface area contributed by atoms with Gasteiger partial charge in [0.2, 0.25) is 0 Å². The maximum Gasteiger partial charge on any atom is 0.187 e. The van der Waals surface area contributed by atoms with Gasteiger partial charge in [-0.1, -0.05) is 46.3 Å². The molecule has 4 saturated carbocycles. The van der Waals surface area contributed by atoms with Gasteiger partial charge in [-0.2, -0.15) is 0 Å². The lowest BCUT2D eigenvalue weighted by molar-refractivity contribution is -0.374. The Morgan fingerprint density at radius 3 is 1.76 bits per heavy atom. The average molecular weight is 963 g/mol. The second-order valence-electron chi connectivity index (χ2n) is 23.1. The summed E-state index contributed by atoms with van der Waals surface area (Å²) in [6, 6.07) is 0. The smallest absolute Gasteiger partial charge is 0.187 e. The van der Waals surface area contributed by atoms with Crippen molar-refractivity contribution < 1.29 is 94.8 Å². The zero-order chi connectivity index (χ0) is 49.5. The quantitative estimate of drug-likeness (QED) is 0.0773. The van der Waals surface area contributed by atoms with Crippen molar-refractivity contribution >= 4 is 0 Å². The number of hydrogen-bond acceptors (Lipinski definition) is 19. The van der Waals surface area contributed by atoms with Gasteiger partial charge in [0.1, 0.15) is 73.2 Å². The van der Waals surface area contributed by atoms with Gasteiger partial charge < -0.3 is 94.8 Å². The van der Waals surface area contributed by atoms with Crippen LogP contribution in [0.3, 0.4) is 0 Å². The summed E-state index contributed by atoms with van der Waals surface area (Å²) in [7, 11) is 0. The van der Waals surface area contributed by atoms with E-state index in [4.69, 9.17) is 28.4 Å². The van der Waals surface area contributed by atoms with Crippen LogP contribution in [0.2, 0.25) is 0 Å². The topological polar surface area (TPSA) is 318 Å². The van der Waals surface area contributed by atoms with E-state index in [9.17, 15) is 66.4 Å². The first-order valence-electron chi connectivity index (χ1n) is 24.5. The van der Waals surface area contributed by atoms with Crippen molar-refractivity contribution in [2.45, 2.75) is 223 Å². The molecule has 3 heterocycles. The first kappa shape index (κ1) is 53.8. The summed E-state index contributed by atoms with van der Waals surface area (Å²) in [5, 5.41) is 142. The predicted molar refractivity (Wildman–Crippen MR) is 235 cm³/mol. The molecule has 0 bridgehead atoms. The molecule has 19 heteroatoms. The van der Waals surface area contributed by atoms with Crippen LogP contribution in [0.1, 0.15) is 107 Å². The maximum absolute atomic E-state index is 12.7. The van der Waals surface area contributed by atoms with Crippen LogP contribution in [-0.2, 0) is 28.4 Å². The van der Waals surface area contributed by atoms with Crippen LogP contribution in [0.5, 0.6) is 0 Å². The van der Waals surface area contributed by atoms with E-state index < -0.39 is 158 Å². The van der Waals surface area contributed by atoms with E-state index >= 15 is 0 Å². The summed E-state index contributed by atoms with van der Waals surface area (Å²) >= 11 is 0. The number of fused-ring (bicyclic) bond motifs is 5. The van der Waals surface area contributed by atoms with Crippen LogP contribution in [0.15, 0.2) is 11.6 Å². The van der Waals surface area contributed by atoms with Crippen LogP contribution in [0.4, 0.5) is 0 Å². The van der Waals surface area contributed by atoms with Crippen molar-refractivity contribution in [2.75, 3.05) is 19.8 Å². The normalized spacial score (nSPS) is 52.9. The summed E-state index contributed by atoms with van der Waals surface area (Å²) in [6.45, 7) is 14.5. The molecule has 0 aromatic carbocycles. The van der Waals surface area contributed by atoms with E-state index in [-0.39, 0.29) is 23.7 Å². The standard InChI is InChI=1S/C48H82O19/c1-21(2)10-9-13-48(8,67-43-37(60)34(57)32(55)26(19-50)64-43)22-11-15-46(6)30(22)23(52)16-28-45(5)14-12-29(53)44(3,4)40(45)24(17-47(28,46)7)62-41-38(61)35(58)39(27(20-51)65-41)66-42-36(59)33(56)31(54)25(18-49)63-42/h10,22-43,49-61H,9,11-20H2,1-8H3/t22-,23+,24-,25+,26+,27+,28+,29-,30-,31-,32+,33-,34-,35+,36+,37+,38+,39+,40?,41+,42-,43-,45+,46+,47+,48-/m0/s1. The second kappa shape index (κ2) is 19.8. The van der Waals surface area contributed by atoms with Crippen molar-refractivity contribution in [1.29, 1.82) is 0 Å². The number of allylic oxidation sites excluding steroid dienone is 2. The number of rotatable bonds is 13. The third-order valence-electron chi connectivity index (χ3n) is 18.7. The molecule has 7 fully saturated rings. The molecule has 7 rings (SSSR count). The van der Waals surface area contributed by atoms with Gasteiger partial charge in [0, 0.05) is 0 Å². The fourth-order valence-electron chi connectivity index (χ4n) is 14.9. The molecule has 19 nitrogen and oxygen atoms in total. The third kappa shape index (κ3) is 9.03. The molecule has 1 unspecified atom stereocenters. The van der Waals surface area contributed by atoms with Crippen molar-refractivity contribution in [3.63, 3.8) is 0 Å². The number of hydrogen-bond donors (Lipinski definition) is 13. The summed E-state index contributed by atoms with van der Waals surface area (Å²) in [5.74, 6) is -1.11. The van der Waals surface area contributed by atoms with E-state index in [0.717, 1.165) is 5.57 Å². The van der Waals surface area contributed by atoms with Crippen LogP contribution in [-0.4, -0.2) is 202 Å². The van der Waals surface area contributed by atoms with E-state index in [1.165, 1.54) is 0 Å². The van der Waals surface area contributed by atoms with E-state index in [1.54, 1.807) is 0 Å². The van der Waals surface area contributed by atoms with E-state index in [1.807, 2.05) is 34.6 Å².